The van der Waals surface area contributed by atoms with Crippen molar-refractivity contribution in [3.05, 3.63) is 71.0 Å². The van der Waals surface area contributed by atoms with Gasteiger partial charge in [0.25, 0.3) is 0 Å². The SMILES string of the molecule is Cc1cccc(CCNC(C)Cc2ccccc2F)c1. The quantitative estimate of drug-likeness (QED) is 0.840. The maximum atomic E-state index is 13.6. The Balaban J connectivity index is 1.78. The molecule has 2 aromatic carbocycles. The molecule has 2 heteroatoms. The van der Waals surface area contributed by atoms with Crippen LogP contribution in [0.5, 0.6) is 0 Å². The molecule has 0 aliphatic carbocycles. The molecule has 0 saturated carbocycles. The van der Waals surface area contributed by atoms with Crippen LogP contribution >= 0.6 is 0 Å². The minimum Gasteiger partial charge on any atom is -0.314 e. The Labute approximate surface area is 120 Å². The van der Waals surface area contributed by atoms with Crippen molar-refractivity contribution in [2.24, 2.45) is 0 Å². The zero-order valence-electron chi connectivity index (χ0n) is 12.2. The number of hydrogen-bond acceptors (Lipinski definition) is 1. The van der Waals surface area contributed by atoms with Crippen molar-refractivity contribution >= 4 is 0 Å². The highest BCUT2D eigenvalue weighted by Gasteiger charge is 2.06. The van der Waals surface area contributed by atoms with Crippen molar-refractivity contribution in [3.63, 3.8) is 0 Å². The van der Waals surface area contributed by atoms with Gasteiger partial charge in [0.15, 0.2) is 0 Å². The summed E-state index contributed by atoms with van der Waals surface area (Å²) in [6.45, 7) is 5.12. The van der Waals surface area contributed by atoms with E-state index < -0.39 is 0 Å². The largest absolute Gasteiger partial charge is 0.314 e. The van der Waals surface area contributed by atoms with Gasteiger partial charge < -0.3 is 5.32 Å². The Morgan fingerprint density at radius 2 is 1.90 bits per heavy atom. The molecule has 0 saturated heterocycles. The lowest BCUT2D eigenvalue weighted by atomic mass is 10.1. The molecule has 0 fully saturated rings. The Morgan fingerprint density at radius 3 is 2.65 bits per heavy atom. The minimum atomic E-state index is -0.111. The molecule has 0 amide bonds. The smallest absolute Gasteiger partial charge is 0.126 e. The van der Waals surface area contributed by atoms with Gasteiger partial charge in [0, 0.05) is 6.04 Å². The standard InChI is InChI=1S/C18H22FN/c1-14-6-5-7-16(12-14)10-11-20-15(2)13-17-8-3-4-9-18(17)19/h3-9,12,15,20H,10-11,13H2,1-2H3. The summed E-state index contributed by atoms with van der Waals surface area (Å²) in [6, 6.07) is 15.8. The minimum absolute atomic E-state index is 0.111. The lowest BCUT2D eigenvalue weighted by Crippen LogP contribution is -2.30. The predicted octanol–water partition coefficient (Wildman–Crippen LogP) is 3.90. The average molecular weight is 271 g/mol. The van der Waals surface area contributed by atoms with Crippen LogP contribution in [0.4, 0.5) is 4.39 Å². The van der Waals surface area contributed by atoms with Crippen molar-refractivity contribution in [3.8, 4) is 0 Å². The van der Waals surface area contributed by atoms with E-state index in [9.17, 15) is 4.39 Å². The zero-order valence-corrected chi connectivity index (χ0v) is 12.2. The fourth-order valence-electron chi connectivity index (χ4n) is 2.40. The first-order valence-electron chi connectivity index (χ1n) is 7.17. The molecule has 1 unspecified atom stereocenters. The summed E-state index contributed by atoms with van der Waals surface area (Å²) in [7, 11) is 0. The van der Waals surface area contributed by atoms with Crippen LogP contribution in [0, 0.1) is 12.7 Å². The molecule has 20 heavy (non-hydrogen) atoms. The van der Waals surface area contributed by atoms with Crippen molar-refractivity contribution in [1.82, 2.24) is 5.32 Å². The summed E-state index contributed by atoms with van der Waals surface area (Å²) in [6.07, 6.45) is 1.73. The second kappa shape index (κ2) is 7.20. The van der Waals surface area contributed by atoms with Gasteiger partial charge in [0.2, 0.25) is 0 Å². The highest BCUT2D eigenvalue weighted by atomic mass is 19.1. The van der Waals surface area contributed by atoms with Crippen LogP contribution in [0.1, 0.15) is 23.6 Å². The molecule has 2 aromatic rings. The molecule has 1 N–H and O–H groups in total. The zero-order chi connectivity index (χ0) is 14.4. The van der Waals surface area contributed by atoms with E-state index in [-0.39, 0.29) is 11.9 Å². The Bertz CT molecular complexity index is 551. The van der Waals surface area contributed by atoms with E-state index in [0.29, 0.717) is 0 Å². The van der Waals surface area contributed by atoms with Crippen LogP contribution < -0.4 is 5.32 Å². The molecule has 0 aliphatic heterocycles. The Morgan fingerprint density at radius 1 is 1.10 bits per heavy atom. The first-order valence-corrected chi connectivity index (χ1v) is 7.17. The molecule has 0 spiro atoms. The van der Waals surface area contributed by atoms with Crippen LogP contribution in [0.2, 0.25) is 0 Å². The maximum Gasteiger partial charge on any atom is 0.126 e. The lowest BCUT2D eigenvalue weighted by molar-refractivity contribution is 0.528. The summed E-state index contributed by atoms with van der Waals surface area (Å²) in [4.78, 5) is 0. The van der Waals surface area contributed by atoms with E-state index in [0.717, 1.165) is 24.9 Å². The number of benzene rings is 2. The predicted molar refractivity (Wildman–Crippen MR) is 82.5 cm³/mol. The molecule has 2 rings (SSSR count). The van der Waals surface area contributed by atoms with Gasteiger partial charge in [-0.05, 0) is 50.4 Å². The summed E-state index contributed by atoms with van der Waals surface area (Å²) in [5, 5.41) is 3.46. The normalized spacial score (nSPS) is 12.3. The highest BCUT2D eigenvalue weighted by molar-refractivity contribution is 5.22. The van der Waals surface area contributed by atoms with Crippen LogP contribution in [0.3, 0.4) is 0 Å². The van der Waals surface area contributed by atoms with Gasteiger partial charge in [0.1, 0.15) is 5.82 Å². The molecule has 1 atom stereocenters. The van der Waals surface area contributed by atoms with E-state index in [1.165, 1.54) is 17.2 Å². The third-order valence-corrected chi connectivity index (χ3v) is 3.47. The van der Waals surface area contributed by atoms with Crippen LogP contribution in [0.15, 0.2) is 48.5 Å². The molecule has 0 radical (unpaired) electrons. The highest BCUT2D eigenvalue weighted by Crippen LogP contribution is 2.09. The first-order chi connectivity index (χ1) is 9.65. The van der Waals surface area contributed by atoms with Crippen molar-refractivity contribution in [2.45, 2.75) is 32.7 Å². The van der Waals surface area contributed by atoms with Crippen LogP contribution in [0.25, 0.3) is 0 Å². The van der Waals surface area contributed by atoms with E-state index in [1.54, 1.807) is 6.07 Å². The third-order valence-electron chi connectivity index (χ3n) is 3.47. The molecular weight excluding hydrogens is 249 g/mol. The van der Waals surface area contributed by atoms with Gasteiger partial charge in [-0.25, -0.2) is 4.39 Å². The average Bonchev–Trinajstić information content (AvgIpc) is 2.41. The Kier molecular flexibility index (Phi) is 5.31. The molecule has 0 aliphatic rings. The van der Waals surface area contributed by atoms with Crippen molar-refractivity contribution < 1.29 is 4.39 Å². The van der Waals surface area contributed by atoms with E-state index in [2.05, 4.69) is 43.4 Å². The number of nitrogens with one attached hydrogen (secondary N) is 1. The third kappa shape index (κ3) is 4.46. The second-order valence-corrected chi connectivity index (χ2v) is 5.39. The lowest BCUT2D eigenvalue weighted by Gasteiger charge is -2.14. The molecule has 0 aromatic heterocycles. The van der Waals surface area contributed by atoms with Gasteiger partial charge in [-0.1, -0.05) is 48.0 Å². The molecule has 0 bridgehead atoms. The summed E-state index contributed by atoms with van der Waals surface area (Å²) < 4.78 is 13.6. The number of rotatable bonds is 6. The maximum absolute atomic E-state index is 13.6. The topological polar surface area (TPSA) is 12.0 Å². The summed E-state index contributed by atoms with van der Waals surface area (Å²) in [5.41, 5.74) is 3.42. The molecule has 0 heterocycles. The van der Waals surface area contributed by atoms with Gasteiger partial charge in [0.05, 0.1) is 0 Å². The fourth-order valence-corrected chi connectivity index (χ4v) is 2.40. The van der Waals surface area contributed by atoms with Crippen molar-refractivity contribution in [2.75, 3.05) is 6.54 Å². The van der Waals surface area contributed by atoms with Crippen LogP contribution in [-0.2, 0) is 12.8 Å². The van der Waals surface area contributed by atoms with Crippen molar-refractivity contribution in [1.29, 1.82) is 0 Å². The monoisotopic (exact) mass is 271 g/mol. The molecule has 106 valence electrons. The van der Waals surface area contributed by atoms with E-state index in [1.807, 2.05) is 12.1 Å². The van der Waals surface area contributed by atoms with Gasteiger partial charge in [-0.3, -0.25) is 0 Å². The number of hydrogen-bond donors (Lipinski definition) is 1. The summed E-state index contributed by atoms with van der Waals surface area (Å²) in [5.74, 6) is -0.111. The van der Waals surface area contributed by atoms with Gasteiger partial charge in [-0.15, -0.1) is 0 Å². The van der Waals surface area contributed by atoms with E-state index >= 15 is 0 Å². The number of aryl methyl sites for hydroxylation is 1. The van der Waals surface area contributed by atoms with Crippen LogP contribution in [-0.4, -0.2) is 12.6 Å². The van der Waals surface area contributed by atoms with Gasteiger partial charge in [-0.2, -0.15) is 0 Å². The van der Waals surface area contributed by atoms with Gasteiger partial charge >= 0.3 is 0 Å². The number of halogens is 1. The van der Waals surface area contributed by atoms with E-state index in [4.69, 9.17) is 0 Å². The fraction of sp³-hybridized carbons (Fsp3) is 0.333. The Hall–Kier alpha value is -1.67. The second-order valence-electron chi connectivity index (χ2n) is 5.39. The molecule has 1 nitrogen and oxygen atoms in total. The first kappa shape index (κ1) is 14.7. The molecular formula is C18H22FN. The summed E-state index contributed by atoms with van der Waals surface area (Å²) >= 11 is 0.